The predicted molar refractivity (Wildman–Crippen MR) is 96.9 cm³/mol. The van der Waals surface area contributed by atoms with Crippen molar-refractivity contribution in [1.29, 1.82) is 0 Å². The molecule has 5 heteroatoms. The lowest BCUT2D eigenvalue weighted by molar-refractivity contribution is -0.136. The number of rotatable bonds is 6. The van der Waals surface area contributed by atoms with Crippen LogP contribution in [0.15, 0.2) is 41.8 Å². The van der Waals surface area contributed by atoms with Gasteiger partial charge in [0.05, 0.1) is 13.7 Å². The number of methoxy groups -OCH3 is 1. The highest BCUT2D eigenvalue weighted by molar-refractivity contribution is 7.09. The molecule has 0 radical (unpaired) electrons. The summed E-state index contributed by atoms with van der Waals surface area (Å²) >= 11 is 1.68. The molecule has 24 heavy (non-hydrogen) atoms. The largest absolute Gasteiger partial charge is 0.496 e. The van der Waals surface area contributed by atoms with E-state index in [0.29, 0.717) is 13.1 Å². The lowest BCUT2D eigenvalue weighted by Gasteiger charge is -2.26. The van der Waals surface area contributed by atoms with Gasteiger partial charge >= 0.3 is 0 Å². The molecule has 2 N–H and O–H groups in total. The number of hydrogen-bond donors (Lipinski definition) is 1. The van der Waals surface area contributed by atoms with Crippen molar-refractivity contribution in [3.05, 3.63) is 52.2 Å². The number of hydrogen-bond acceptors (Lipinski definition) is 4. The Kier molecular flexibility index (Phi) is 5.53. The van der Waals surface area contributed by atoms with Gasteiger partial charge < -0.3 is 15.4 Å². The Balaban J connectivity index is 1.80. The van der Waals surface area contributed by atoms with E-state index in [-0.39, 0.29) is 17.9 Å². The minimum Gasteiger partial charge on any atom is -0.496 e. The number of thiophene rings is 1. The summed E-state index contributed by atoms with van der Waals surface area (Å²) in [5, 5.41) is 2.05. The Morgan fingerprint density at radius 3 is 2.75 bits per heavy atom. The van der Waals surface area contributed by atoms with Gasteiger partial charge in [-0.05, 0) is 36.8 Å². The van der Waals surface area contributed by atoms with Gasteiger partial charge in [-0.3, -0.25) is 4.79 Å². The molecule has 1 saturated carbocycles. The summed E-state index contributed by atoms with van der Waals surface area (Å²) in [6, 6.07) is 12.2. The molecule has 1 amide bonds. The van der Waals surface area contributed by atoms with Crippen molar-refractivity contribution < 1.29 is 9.53 Å². The van der Waals surface area contributed by atoms with Crippen molar-refractivity contribution in [2.45, 2.75) is 38.4 Å². The highest BCUT2D eigenvalue weighted by atomic mass is 32.1. The standard InChI is InChI=1S/C19H24N2O2S/c1-23-18-7-3-2-5-15(18)12-21(13-17-6-4-10-24-17)19(22)14-8-9-16(20)11-14/h2-7,10,14,16H,8-9,11-13,20H2,1H3/t14-,16-/m0/s1. The van der Waals surface area contributed by atoms with Gasteiger partial charge in [-0.15, -0.1) is 11.3 Å². The number of amides is 1. The fraction of sp³-hybridized carbons (Fsp3) is 0.421. The average molecular weight is 344 g/mol. The number of ether oxygens (including phenoxy) is 1. The second-order valence-electron chi connectivity index (χ2n) is 6.36. The molecule has 0 saturated heterocycles. The molecule has 1 aromatic heterocycles. The third kappa shape index (κ3) is 3.97. The normalized spacial score (nSPS) is 20.1. The highest BCUT2D eigenvalue weighted by Crippen LogP contribution is 2.29. The van der Waals surface area contributed by atoms with Crippen LogP contribution >= 0.6 is 11.3 Å². The van der Waals surface area contributed by atoms with Gasteiger partial charge in [-0.2, -0.15) is 0 Å². The van der Waals surface area contributed by atoms with Crippen LogP contribution in [0.1, 0.15) is 29.7 Å². The molecule has 128 valence electrons. The van der Waals surface area contributed by atoms with Crippen molar-refractivity contribution in [3.8, 4) is 5.75 Å². The first-order chi connectivity index (χ1) is 11.7. The maximum Gasteiger partial charge on any atom is 0.226 e. The molecule has 1 aromatic carbocycles. The third-order valence-electron chi connectivity index (χ3n) is 4.61. The first-order valence-corrected chi connectivity index (χ1v) is 9.24. The summed E-state index contributed by atoms with van der Waals surface area (Å²) in [4.78, 5) is 16.2. The number of para-hydroxylation sites is 1. The fourth-order valence-corrected chi connectivity index (χ4v) is 4.06. The average Bonchev–Trinajstić information content (AvgIpc) is 3.25. The molecule has 2 aromatic rings. The maximum absolute atomic E-state index is 13.1. The maximum atomic E-state index is 13.1. The van der Waals surface area contributed by atoms with Gasteiger partial charge in [0.2, 0.25) is 5.91 Å². The minimum atomic E-state index is 0.0506. The van der Waals surface area contributed by atoms with E-state index >= 15 is 0 Å². The molecule has 2 atom stereocenters. The van der Waals surface area contributed by atoms with Crippen LogP contribution < -0.4 is 10.5 Å². The van der Waals surface area contributed by atoms with Crippen LogP contribution in [0, 0.1) is 5.92 Å². The zero-order valence-corrected chi connectivity index (χ0v) is 14.8. The number of benzene rings is 1. The summed E-state index contributed by atoms with van der Waals surface area (Å²) in [7, 11) is 1.67. The van der Waals surface area contributed by atoms with Crippen LogP contribution in [0.4, 0.5) is 0 Å². The van der Waals surface area contributed by atoms with Crippen molar-refractivity contribution in [1.82, 2.24) is 4.90 Å². The summed E-state index contributed by atoms with van der Waals surface area (Å²) in [5.74, 6) is 1.08. The fourth-order valence-electron chi connectivity index (χ4n) is 3.34. The van der Waals surface area contributed by atoms with Gasteiger partial charge in [0.15, 0.2) is 0 Å². The van der Waals surface area contributed by atoms with E-state index in [2.05, 4.69) is 6.07 Å². The van der Waals surface area contributed by atoms with Gasteiger partial charge in [-0.25, -0.2) is 0 Å². The topological polar surface area (TPSA) is 55.6 Å². The SMILES string of the molecule is COc1ccccc1CN(Cc1cccs1)C(=O)[C@H]1CC[C@H](N)C1. The van der Waals surface area contributed by atoms with Gasteiger partial charge in [0.25, 0.3) is 0 Å². The molecular weight excluding hydrogens is 320 g/mol. The number of carbonyl (C=O) groups excluding carboxylic acids is 1. The van der Waals surface area contributed by atoms with E-state index < -0.39 is 0 Å². The van der Waals surface area contributed by atoms with Crippen molar-refractivity contribution in [3.63, 3.8) is 0 Å². The Hall–Kier alpha value is -1.85. The third-order valence-corrected chi connectivity index (χ3v) is 5.48. The second kappa shape index (κ2) is 7.81. The summed E-state index contributed by atoms with van der Waals surface area (Å²) in [6.45, 7) is 1.20. The van der Waals surface area contributed by atoms with E-state index in [0.717, 1.165) is 30.6 Å². The van der Waals surface area contributed by atoms with Crippen LogP contribution in [0.2, 0.25) is 0 Å². The van der Waals surface area contributed by atoms with E-state index in [1.807, 2.05) is 40.6 Å². The molecule has 0 aliphatic heterocycles. The summed E-state index contributed by atoms with van der Waals surface area (Å²) in [6.07, 6.45) is 2.64. The lowest BCUT2D eigenvalue weighted by atomic mass is 10.1. The summed E-state index contributed by atoms with van der Waals surface area (Å²) in [5.41, 5.74) is 7.04. The molecular formula is C19H24N2O2S. The molecule has 0 bridgehead atoms. The zero-order valence-electron chi connectivity index (χ0n) is 14.0. The Bertz CT molecular complexity index is 672. The van der Waals surface area contributed by atoms with Crippen LogP contribution in [0.3, 0.4) is 0 Å². The Morgan fingerprint density at radius 2 is 2.08 bits per heavy atom. The second-order valence-corrected chi connectivity index (χ2v) is 7.39. The van der Waals surface area contributed by atoms with E-state index in [9.17, 15) is 4.79 Å². The van der Waals surface area contributed by atoms with Crippen LogP contribution in [0.25, 0.3) is 0 Å². The van der Waals surface area contributed by atoms with Crippen LogP contribution in [-0.2, 0) is 17.9 Å². The monoisotopic (exact) mass is 344 g/mol. The summed E-state index contributed by atoms with van der Waals surface area (Å²) < 4.78 is 5.45. The van der Waals surface area contributed by atoms with Gasteiger partial charge in [0, 0.05) is 28.9 Å². The molecule has 1 heterocycles. The molecule has 3 rings (SSSR count). The predicted octanol–water partition coefficient (Wildman–Crippen LogP) is 3.41. The number of carbonyl (C=O) groups is 1. The lowest BCUT2D eigenvalue weighted by Crippen LogP contribution is -2.35. The van der Waals surface area contributed by atoms with E-state index in [1.54, 1.807) is 18.4 Å². The van der Waals surface area contributed by atoms with E-state index in [4.69, 9.17) is 10.5 Å². The first-order valence-electron chi connectivity index (χ1n) is 8.36. The molecule has 1 fully saturated rings. The van der Waals surface area contributed by atoms with Gasteiger partial charge in [-0.1, -0.05) is 24.3 Å². The van der Waals surface area contributed by atoms with Crippen molar-refractivity contribution in [2.75, 3.05) is 7.11 Å². The molecule has 4 nitrogen and oxygen atoms in total. The first kappa shape index (κ1) is 17.0. The number of nitrogens with zero attached hydrogens (tertiary/aromatic N) is 1. The van der Waals surface area contributed by atoms with Crippen LogP contribution in [0.5, 0.6) is 5.75 Å². The molecule has 1 aliphatic rings. The number of nitrogens with two attached hydrogens (primary N) is 1. The Morgan fingerprint density at radius 1 is 1.25 bits per heavy atom. The minimum absolute atomic E-state index is 0.0506. The van der Waals surface area contributed by atoms with Crippen LogP contribution in [-0.4, -0.2) is 24.0 Å². The smallest absolute Gasteiger partial charge is 0.226 e. The van der Waals surface area contributed by atoms with Crippen molar-refractivity contribution >= 4 is 17.2 Å². The van der Waals surface area contributed by atoms with E-state index in [1.165, 1.54) is 4.88 Å². The van der Waals surface area contributed by atoms with Crippen molar-refractivity contribution in [2.24, 2.45) is 11.7 Å². The molecule has 1 aliphatic carbocycles. The quantitative estimate of drug-likeness (QED) is 0.874. The van der Waals surface area contributed by atoms with Gasteiger partial charge in [0.1, 0.15) is 5.75 Å². The molecule has 0 unspecified atom stereocenters. The molecule has 0 spiro atoms. The highest BCUT2D eigenvalue weighted by Gasteiger charge is 2.31. The Labute approximate surface area is 147 Å². The zero-order chi connectivity index (χ0) is 16.9.